The van der Waals surface area contributed by atoms with Crippen molar-refractivity contribution < 1.29 is 9.32 Å². The van der Waals surface area contributed by atoms with Crippen LogP contribution in [0.15, 0.2) is 47.2 Å². The monoisotopic (exact) mass is 320 g/mol. The summed E-state index contributed by atoms with van der Waals surface area (Å²) in [5.41, 5.74) is 10.6. The van der Waals surface area contributed by atoms with E-state index in [9.17, 15) is 4.79 Å². The molecular formula is C18H16N4O2. The van der Waals surface area contributed by atoms with E-state index in [0.29, 0.717) is 5.69 Å². The summed E-state index contributed by atoms with van der Waals surface area (Å²) in [6.45, 7) is 0. The Labute approximate surface area is 138 Å². The molecular weight excluding hydrogens is 304 g/mol. The highest BCUT2D eigenvalue weighted by atomic mass is 16.5. The topological polar surface area (TPSA) is 94.0 Å². The molecule has 0 spiro atoms. The van der Waals surface area contributed by atoms with Gasteiger partial charge in [-0.2, -0.15) is 0 Å². The summed E-state index contributed by atoms with van der Waals surface area (Å²) in [4.78, 5) is 16.6. The molecule has 24 heavy (non-hydrogen) atoms. The van der Waals surface area contributed by atoms with Crippen molar-refractivity contribution in [1.82, 2.24) is 10.1 Å². The van der Waals surface area contributed by atoms with Gasteiger partial charge in [-0.3, -0.25) is 9.78 Å². The summed E-state index contributed by atoms with van der Waals surface area (Å²) in [6.07, 6.45) is 6.58. The number of nitrogens with zero attached hydrogens (tertiary/aromatic N) is 2. The van der Waals surface area contributed by atoms with Crippen LogP contribution in [0.4, 0.5) is 11.6 Å². The lowest BCUT2D eigenvalue weighted by molar-refractivity contribution is 0.102. The molecule has 6 heteroatoms. The number of hydrogen-bond acceptors (Lipinski definition) is 5. The number of benzene rings is 1. The number of hydrogen-bond donors (Lipinski definition) is 2. The van der Waals surface area contributed by atoms with Crippen molar-refractivity contribution in [1.29, 1.82) is 0 Å². The van der Waals surface area contributed by atoms with Crippen molar-refractivity contribution in [3.63, 3.8) is 0 Å². The van der Waals surface area contributed by atoms with Gasteiger partial charge in [-0.05, 0) is 54.7 Å². The SMILES string of the molecule is Nc1onc(-c2ccncc2)c1C(=O)Nc1ccc2c(c1)CCC2. The molecule has 0 bridgehead atoms. The average molecular weight is 320 g/mol. The van der Waals surface area contributed by atoms with Gasteiger partial charge in [0, 0.05) is 23.6 Å². The minimum absolute atomic E-state index is 0.000437. The van der Waals surface area contributed by atoms with Crippen molar-refractivity contribution in [2.24, 2.45) is 0 Å². The van der Waals surface area contributed by atoms with Crippen LogP contribution in [-0.4, -0.2) is 16.0 Å². The zero-order valence-electron chi connectivity index (χ0n) is 13.0. The fraction of sp³-hybridized carbons (Fsp3) is 0.167. The number of carbonyl (C=O) groups is 1. The molecule has 1 aliphatic carbocycles. The highest BCUT2D eigenvalue weighted by Gasteiger charge is 2.23. The van der Waals surface area contributed by atoms with E-state index in [1.165, 1.54) is 11.1 Å². The van der Waals surface area contributed by atoms with Crippen molar-refractivity contribution in [3.05, 3.63) is 59.4 Å². The summed E-state index contributed by atoms with van der Waals surface area (Å²) in [5, 5.41) is 6.81. The predicted octanol–water partition coefficient (Wildman–Crippen LogP) is 3.06. The number of pyridine rings is 1. The Morgan fingerprint density at radius 3 is 2.75 bits per heavy atom. The highest BCUT2D eigenvalue weighted by Crippen LogP contribution is 2.29. The largest absolute Gasteiger partial charge is 0.367 e. The van der Waals surface area contributed by atoms with Gasteiger partial charge in [-0.15, -0.1) is 0 Å². The molecule has 0 atom stereocenters. The molecule has 2 heterocycles. The van der Waals surface area contributed by atoms with E-state index in [4.69, 9.17) is 10.3 Å². The summed E-state index contributed by atoms with van der Waals surface area (Å²) < 4.78 is 5.03. The Morgan fingerprint density at radius 2 is 1.92 bits per heavy atom. The molecule has 6 nitrogen and oxygen atoms in total. The lowest BCUT2D eigenvalue weighted by atomic mass is 10.1. The molecule has 0 aliphatic heterocycles. The van der Waals surface area contributed by atoms with Gasteiger partial charge < -0.3 is 15.6 Å². The molecule has 1 aromatic carbocycles. The van der Waals surface area contributed by atoms with Gasteiger partial charge in [0.2, 0.25) is 5.88 Å². The third-order valence-corrected chi connectivity index (χ3v) is 4.26. The van der Waals surface area contributed by atoms with Crippen LogP contribution in [0.2, 0.25) is 0 Å². The van der Waals surface area contributed by atoms with Gasteiger partial charge in [0.25, 0.3) is 5.91 Å². The van der Waals surface area contributed by atoms with E-state index >= 15 is 0 Å². The number of nitrogens with one attached hydrogen (secondary N) is 1. The Bertz CT molecular complexity index is 903. The molecule has 3 aromatic rings. The number of amides is 1. The van der Waals surface area contributed by atoms with Crippen molar-refractivity contribution >= 4 is 17.5 Å². The minimum atomic E-state index is -0.335. The van der Waals surface area contributed by atoms with Gasteiger partial charge in [0.15, 0.2) is 0 Å². The third kappa shape index (κ3) is 2.52. The first kappa shape index (κ1) is 14.4. The van der Waals surface area contributed by atoms with E-state index in [2.05, 4.69) is 21.5 Å². The average Bonchev–Trinajstić information content (AvgIpc) is 3.21. The second kappa shape index (κ2) is 5.81. The van der Waals surface area contributed by atoms with E-state index in [1.54, 1.807) is 24.5 Å². The highest BCUT2D eigenvalue weighted by molar-refractivity contribution is 6.11. The summed E-state index contributed by atoms with van der Waals surface area (Å²) in [6, 6.07) is 9.51. The molecule has 3 N–H and O–H groups in total. The third-order valence-electron chi connectivity index (χ3n) is 4.26. The number of carbonyl (C=O) groups excluding carboxylic acids is 1. The van der Waals surface area contributed by atoms with E-state index in [1.807, 2.05) is 12.1 Å². The molecule has 2 aromatic heterocycles. The first-order valence-corrected chi connectivity index (χ1v) is 7.81. The van der Waals surface area contributed by atoms with Crippen molar-refractivity contribution in [2.45, 2.75) is 19.3 Å². The number of fused-ring (bicyclic) bond motifs is 1. The van der Waals surface area contributed by atoms with Crippen LogP contribution in [0, 0.1) is 0 Å². The molecule has 0 radical (unpaired) electrons. The quantitative estimate of drug-likeness (QED) is 0.773. The van der Waals surface area contributed by atoms with E-state index in [0.717, 1.165) is 30.5 Å². The minimum Gasteiger partial charge on any atom is -0.367 e. The number of nitrogen functional groups attached to an aromatic ring is 1. The zero-order valence-corrected chi connectivity index (χ0v) is 13.0. The van der Waals surface area contributed by atoms with Crippen LogP contribution in [-0.2, 0) is 12.8 Å². The molecule has 120 valence electrons. The molecule has 0 unspecified atom stereocenters. The standard InChI is InChI=1S/C18H16N4O2/c19-17-15(16(22-24-17)12-6-8-20-9-7-12)18(23)21-14-5-4-11-2-1-3-13(11)10-14/h4-10H,1-3,19H2,(H,21,23). The Morgan fingerprint density at radius 1 is 1.12 bits per heavy atom. The summed E-state index contributed by atoms with van der Waals surface area (Å²) in [7, 11) is 0. The van der Waals surface area contributed by atoms with Gasteiger partial charge in [0.05, 0.1) is 0 Å². The summed E-state index contributed by atoms with van der Waals surface area (Å²) in [5.74, 6) is -0.334. The van der Waals surface area contributed by atoms with Crippen LogP contribution in [0.1, 0.15) is 27.9 Å². The van der Waals surface area contributed by atoms with Crippen LogP contribution < -0.4 is 11.1 Å². The first-order chi connectivity index (χ1) is 11.7. The van der Waals surface area contributed by atoms with Crippen LogP contribution in [0.5, 0.6) is 0 Å². The normalized spacial score (nSPS) is 12.8. The van der Waals surface area contributed by atoms with Gasteiger partial charge in [0.1, 0.15) is 11.3 Å². The maximum atomic E-state index is 12.7. The Hall–Kier alpha value is -3.15. The van der Waals surface area contributed by atoms with Gasteiger partial charge >= 0.3 is 0 Å². The van der Waals surface area contributed by atoms with Crippen LogP contribution in [0.25, 0.3) is 11.3 Å². The molecule has 0 fully saturated rings. The zero-order chi connectivity index (χ0) is 16.5. The fourth-order valence-corrected chi connectivity index (χ4v) is 3.07. The smallest absolute Gasteiger partial charge is 0.263 e. The maximum Gasteiger partial charge on any atom is 0.263 e. The van der Waals surface area contributed by atoms with Crippen LogP contribution >= 0.6 is 0 Å². The lowest BCUT2D eigenvalue weighted by Crippen LogP contribution is -2.14. The number of anilines is 2. The van der Waals surface area contributed by atoms with Crippen LogP contribution in [0.3, 0.4) is 0 Å². The van der Waals surface area contributed by atoms with Gasteiger partial charge in [-0.1, -0.05) is 11.2 Å². The molecule has 1 amide bonds. The molecule has 4 rings (SSSR count). The Balaban J connectivity index is 1.65. The number of aryl methyl sites for hydroxylation is 2. The second-order valence-corrected chi connectivity index (χ2v) is 5.80. The lowest BCUT2D eigenvalue weighted by Gasteiger charge is -2.08. The second-order valence-electron chi connectivity index (χ2n) is 5.80. The maximum absolute atomic E-state index is 12.7. The van der Waals surface area contributed by atoms with Crippen molar-refractivity contribution in [2.75, 3.05) is 11.1 Å². The van der Waals surface area contributed by atoms with Crippen molar-refractivity contribution in [3.8, 4) is 11.3 Å². The Kier molecular flexibility index (Phi) is 3.49. The van der Waals surface area contributed by atoms with E-state index in [-0.39, 0.29) is 17.4 Å². The van der Waals surface area contributed by atoms with Gasteiger partial charge in [-0.25, -0.2) is 0 Å². The predicted molar refractivity (Wildman–Crippen MR) is 90.6 cm³/mol. The number of aromatic nitrogens is 2. The first-order valence-electron chi connectivity index (χ1n) is 7.81. The summed E-state index contributed by atoms with van der Waals surface area (Å²) >= 11 is 0. The number of nitrogens with two attached hydrogens (primary N) is 1. The molecule has 0 saturated carbocycles. The fourth-order valence-electron chi connectivity index (χ4n) is 3.07. The molecule has 0 saturated heterocycles. The number of rotatable bonds is 3. The molecule has 1 aliphatic rings. The van der Waals surface area contributed by atoms with E-state index < -0.39 is 0 Å².